The summed E-state index contributed by atoms with van der Waals surface area (Å²) in [5, 5.41) is 18.9. The molecule has 27 heavy (non-hydrogen) atoms. The molecule has 0 saturated heterocycles. The first-order chi connectivity index (χ1) is 12.9. The third kappa shape index (κ3) is 4.26. The first-order valence-electron chi connectivity index (χ1n) is 8.55. The minimum absolute atomic E-state index is 0.0502. The molecule has 0 saturated carbocycles. The highest BCUT2D eigenvalue weighted by Gasteiger charge is 2.36. The molecule has 1 aliphatic carbocycles. The van der Waals surface area contributed by atoms with Gasteiger partial charge < -0.3 is 14.9 Å². The van der Waals surface area contributed by atoms with Crippen LogP contribution < -0.4 is 4.74 Å². The fourth-order valence-corrected chi connectivity index (χ4v) is 3.02. The highest BCUT2D eigenvalue weighted by Crippen LogP contribution is 2.38. The zero-order valence-corrected chi connectivity index (χ0v) is 14.9. The molecular weight excluding hydrogens is 344 g/mol. The van der Waals surface area contributed by atoms with Crippen molar-refractivity contribution in [3.8, 4) is 5.75 Å². The van der Waals surface area contributed by atoms with Crippen molar-refractivity contribution in [2.75, 3.05) is 0 Å². The van der Waals surface area contributed by atoms with Crippen LogP contribution in [0.1, 0.15) is 24.5 Å². The lowest BCUT2D eigenvalue weighted by atomic mass is 9.76. The molecule has 0 aliphatic heterocycles. The van der Waals surface area contributed by atoms with E-state index in [0.29, 0.717) is 23.5 Å². The standard InChI is InChI=1S/C22H20O5/c1-22(21(25)26)12-17(10-18(13-22)20(23)24)16-8-5-9-19(11-16)27-14-15-6-3-2-4-7-15/h2-12H,13-14H2,1H3,(H,23,24)(H,25,26). The Hall–Kier alpha value is -3.34. The first kappa shape index (κ1) is 18.5. The molecule has 138 valence electrons. The molecule has 2 aromatic carbocycles. The summed E-state index contributed by atoms with van der Waals surface area (Å²) in [5.74, 6) is -1.53. The van der Waals surface area contributed by atoms with Gasteiger partial charge in [0.25, 0.3) is 0 Å². The van der Waals surface area contributed by atoms with Crippen molar-refractivity contribution in [1.29, 1.82) is 0 Å². The number of hydrogen-bond donors (Lipinski definition) is 2. The Bertz CT molecular complexity index is 927. The lowest BCUT2D eigenvalue weighted by molar-refractivity contribution is -0.145. The SMILES string of the molecule is CC1(C(=O)O)C=C(c2cccc(OCc3ccccc3)c2)C=C(C(=O)O)C1. The summed E-state index contributed by atoms with van der Waals surface area (Å²) >= 11 is 0. The van der Waals surface area contributed by atoms with E-state index >= 15 is 0 Å². The lowest BCUT2D eigenvalue weighted by Crippen LogP contribution is -2.29. The van der Waals surface area contributed by atoms with Crippen molar-refractivity contribution in [2.45, 2.75) is 20.0 Å². The summed E-state index contributed by atoms with van der Waals surface area (Å²) in [4.78, 5) is 23.1. The Kier molecular flexibility index (Phi) is 5.12. The Balaban J connectivity index is 1.89. The lowest BCUT2D eigenvalue weighted by Gasteiger charge is -2.26. The van der Waals surface area contributed by atoms with Gasteiger partial charge in [-0.3, -0.25) is 4.79 Å². The van der Waals surface area contributed by atoms with Crippen LogP contribution >= 0.6 is 0 Å². The molecular formula is C22H20O5. The normalized spacial score (nSPS) is 19.0. The molecule has 0 fully saturated rings. The van der Waals surface area contributed by atoms with Gasteiger partial charge >= 0.3 is 11.9 Å². The van der Waals surface area contributed by atoms with Crippen LogP contribution in [0.5, 0.6) is 5.75 Å². The van der Waals surface area contributed by atoms with Gasteiger partial charge in [-0.05, 0) is 48.3 Å². The number of hydrogen-bond acceptors (Lipinski definition) is 3. The maximum absolute atomic E-state index is 11.7. The number of benzene rings is 2. The average molecular weight is 364 g/mol. The molecule has 0 amide bonds. The van der Waals surface area contributed by atoms with Crippen molar-refractivity contribution in [3.05, 3.63) is 83.4 Å². The number of ether oxygens (including phenoxy) is 1. The largest absolute Gasteiger partial charge is 0.489 e. The van der Waals surface area contributed by atoms with Crippen LogP contribution in [0.25, 0.3) is 5.57 Å². The summed E-state index contributed by atoms with van der Waals surface area (Å²) in [5.41, 5.74) is 1.12. The molecule has 0 bridgehead atoms. The van der Waals surface area contributed by atoms with Crippen molar-refractivity contribution >= 4 is 17.5 Å². The second kappa shape index (κ2) is 7.50. The third-order valence-electron chi connectivity index (χ3n) is 4.54. The maximum Gasteiger partial charge on any atom is 0.331 e. The molecule has 0 spiro atoms. The molecule has 1 aliphatic rings. The Morgan fingerprint density at radius 2 is 1.81 bits per heavy atom. The van der Waals surface area contributed by atoms with Crippen LogP contribution in [0, 0.1) is 5.41 Å². The predicted octanol–water partition coefficient (Wildman–Crippen LogP) is 4.15. The molecule has 0 radical (unpaired) electrons. The van der Waals surface area contributed by atoms with Crippen molar-refractivity contribution < 1.29 is 24.5 Å². The molecule has 1 unspecified atom stereocenters. The number of aliphatic carboxylic acids is 2. The van der Waals surface area contributed by atoms with Crippen LogP contribution in [0.2, 0.25) is 0 Å². The Morgan fingerprint density at radius 3 is 2.48 bits per heavy atom. The van der Waals surface area contributed by atoms with Crippen molar-refractivity contribution in [1.82, 2.24) is 0 Å². The highest BCUT2D eigenvalue weighted by atomic mass is 16.5. The van der Waals surface area contributed by atoms with Crippen LogP contribution in [0.3, 0.4) is 0 Å². The zero-order chi connectivity index (χ0) is 19.4. The molecule has 1 atom stereocenters. The van der Waals surface area contributed by atoms with E-state index in [0.717, 1.165) is 5.56 Å². The fraction of sp³-hybridized carbons (Fsp3) is 0.182. The van der Waals surface area contributed by atoms with Gasteiger partial charge in [0.15, 0.2) is 0 Å². The van der Waals surface area contributed by atoms with Crippen LogP contribution in [0.15, 0.2) is 72.3 Å². The number of carboxylic acid groups (broad SMARTS) is 2. The summed E-state index contributed by atoms with van der Waals surface area (Å²) in [6.07, 6.45) is 3.09. The molecule has 5 heteroatoms. The topological polar surface area (TPSA) is 83.8 Å². The Labute approximate surface area is 157 Å². The summed E-state index contributed by atoms with van der Waals surface area (Å²) in [7, 11) is 0. The van der Waals surface area contributed by atoms with Gasteiger partial charge in [-0.2, -0.15) is 0 Å². The van der Waals surface area contributed by atoms with Crippen LogP contribution in [0.4, 0.5) is 0 Å². The van der Waals surface area contributed by atoms with E-state index in [2.05, 4.69) is 0 Å². The van der Waals surface area contributed by atoms with E-state index in [4.69, 9.17) is 4.74 Å². The Morgan fingerprint density at radius 1 is 1.07 bits per heavy atom. The van der Waals surface area contributed by atoms with Gasteiger partial charge in [-0.1, -0.05) is 48.5 Å². The fourth-order valence-electron chi connectivity index (χ4n) is 3.02. The smallest absolute Gasteiger partial charge is 0.331 e. The zero-order valence-electron chi connectivity index (χ0n) is 14.9. The first-order valence-corrected chi connectivity index (χ1v) is 8.55. The molecule has 0 heterocycles. The van der Waals surface area contributed by atoms with Crippen molar-refractivity contribution in [3.63, 3.8) is 0 Å². The van der Waals surface area contributed by atoms with Crippen LogP contribution in [-0.2, 0) is 16.2 Å². The maximum atomic E-state index is 11.7. The second-order valence-corrected chi connectivity index (χ2v) is 6.78. The van der Waals surface area contributed by atoms with Gasteiger partial charge in [-0.15, -0.1) is 0 Å². The van der Waals surface area contributed by atoms with Crippen molar-refractivity contribution in [2.24, 2.45) is 5.41 Å². The van der Waals surface area contributed by atoms with Gasteiger partial charge in [0.05, 0.1) is 5.41 Å². The highest BCUT2D eigenvalue weighted by molar-refractivity contribution is 5.96. The van der Waals surface area contributed by atoms with Gasteiger partial charge in [0.2, 0.25) is 0 Å². The minimum atomic E-state index is -1.27. The number of carbonyl (C=O) groups is 2. The van der Waals surface area contributed by atoms with Gasteiger partial charge in [0.1, 0.15) is 12.4 Å². The minimum Gasteiger partial charge on any atom is -0.489 e. The van der Waals surface area contributed by atoms with E-state index in [9.17, 15) is 19.8 Å². The molecule has 5 nitrogen and oxygen atoms in total. The predicted molar refractivity (Wildman–Crippen MR) is 101 cm³/mol. The van der Waals surface area contributed by atoms with Gasteiger partial charge in [0, 0.05) is 5.57 Å². The monoisotopic (exact) mass is 364 g/mol. The van der Waals surface area contributed by atoms with E-state index < -0.39 is 17.4 Å². The molecule has 2 N–H and O–H groups in total. The summed E-state index contributed by atoms with van der Waals surface area (Å²) in [6, 6.07) is 17.0. The molecule has 2 aromatic rings. The number of allylic oxidation sites excluding steroid dienone is 2. The average Bonchev–Trinajstić information content (AvgIpc) is 2.67. The van der Waals surface area contributed by atoms with E-state index in [1.54, 1.807) is 18.2 Å². The summed E-state index contributed by atoms with van der Waals surface area (Å²) < 4.78 is 5.82. The molecule has 3 rings (SSSR count). The quantitative estimate of drug-likeness (QED) is 0.804. The van der Waals surface area contributed by atoms with Crippen LogP contribution in [-0.4, -0.2) is 22.2 Å². The number of carboxylic acids is 2. The number of rotatable bonds is 6. The van der Waals surface area contributed by atoms with E-state index in [1.165, 1.54) is 13.0 Å². The second-order valence-electron chi connectivity index (χ2n) is 6.78. The van der Waals surface area contributed by atoms with E-state index in [-0.39, 0.29) is 12.0 Å². The van der Waals surface area contributed by atoms with Gasteiger partial charge in [-0.25, -0.2) is 4.79 Å². The summed E-state index contributed by atoms with van der Waals surface area (Å²) in [6.45, 7) is 1.94. The molecule has 0 aromatic heterocycles. The third-order valence-corrected chi connectivity index (χ3v) is 4.54. The van der Waals surface area contributed by atoms with E-state index in [1.807, 2.05) is 42.5 Å².